The summed E-state index contributed by atoms with van der Waals surface area (Å²) in [6.45, 7) is 2.47. The van der Waals surface area contributed by atoms with Crippen molar-refractivity contribution in [1.29, 1.82) is 0 Å². The van der Waals surface area contributed by atoms with Crippen molar-refractivity contribution < 1.29 is 9.18 Å². The lowest BCUT2D eigenvalue weighted by Gasteiger charge is -2.07. The Morgan fingerprint density at radius 3 is 2.36 bits per heavy atom. The summed E-state index contributed by atoms with van der Waals surface area (Å²) in [6.07, 6.45) is 2.91. The lowest BCUT2D eigenvalue weighted by atomic mass is 10.2. The van der Waals surface area contributed by atoms with Gasteiger partial charge in [0.15, 0.2) is 0 Å². The number of anilines is 2. The highest BCUT2D eigenvalue weighted by molar-refractivity contribution is 6.02. The summed E-state index contributed by atoms with van der Waals surface area (Å²) in [4.78, 5) is 20.5. The van der Waals surface area contributed by atoms with Crippen molar-refractivity contribution in [2.75, 3.05) is 10.6 Å². The van der Waals surface area contributed by atoms with E-state index in [4.69, 9.17) is 0 Å². The quantitative estimate of drug-likeness (QED) is 0.744. The third-order valence-electron chi connectivity index (χ3n) is 3.58. The fourth-order valence-corrected chi connectivity index (χ4v) is 2.16. The van der Waals surface area contributed by atoms with Crippen LogP contribution in [0.1, 0.15) is 21.6 Å². The highest BCUT2D eigenvalue weighted by Crippen LogP contribution is 2.11. The van der Waals surface area contributed by atoms with E-state index in [1.54, 1.807) is 12.1 Å². The molecule has 1 amide bonds. The van der Waals surface area contributed by atoms with Gasteiger partial charge in [-0.25, -0.2) is 14.4 Å². The number of hydrogen-bond acceptors (Lipinski definition) is 4. The molecule has 0 bridgehead atoms. The molecule has 126 valence electrons. The maximum atomic E-state index is 12.9. The molecule has 0 atom stereocenters. The first-order valence-corrected chi connectivity index (χ1v) is 7.78. The Balaban J connectivity index is 1.58. The van der Waals surface area contributed by atoms with E-state index in [1.807, 2.05) is 31.2 Å². The Bertz CT molecular complexity index is 846. The lowest BCUT2D eigenvalue weighted by Crippen LogP contribution is -2.14. The summed E-state index contributed by atoms with van der Waals surface area (Å²) in [7, 11) is 0. The lowest BCUT2D eigenvalue weighted by molar-refractivity contribution is 0.102. The van der Waals surface area contributed by atoms with Gasteiger partial charge in [-0.2, -0.15) is 0 Å². The van der Waals surface area contributed by atoms with Crippen molar-refractivity contribution >= 4 is 17.4 Å². The third kappa shape index (κ3) is 4.60. The van der Waals surface area contributed by atoms with Crippen molar-refractivity contribution in [3.8, 4) is 0 Å². The second kappa shape index (κ2) is 7.53. The van der Waals surface area contributed by atoms with E-state index in [9.17, 15) is 9.18 Å². The van der Waals surface area contributed by atoms with Crippen LogP contribution in [0.3, 0.4) is 0 Å². The molecular formula is C19H17FN4O. The maximum absolute atomic E-state index is 12.9. The van der Waals surface area contributed by atoms with Crippen molar-refractivity contribution in [3.63, 3.8) is 0 Å². The Morgan fingerprint density at radius 1 is 1.00 bits per heavy atom. The molecule has 5 nitrogen and oxygen atoms in total. The van der Waals surface area contributed by atoms with Crippen molar-refractivity contribution in [1.82, 2.24) is 9.97 Å². The minimum absolute atomic E-state index is 0.230. The summed E-state index contributed by atoms with van der Waals surface area (Å²) in [5.74, 6) is -0.0508. The topological polar surface area (TPSA) is 66.9 Å². The van der Waals surface area contributed by atoms with E-state index in [-0.39, 0.29) is 17.4 Å². The molecule has 2 aromatic carbocycles. The highest BCUT2D eigenvalue weighted by atomic mass is 19.1. The van der Waals surface area contributed by atoms with E-state index in [0.717, 1.165) is 11.1 Å². The smallest absolute Gasteiger partial charge is 0.275 e. The van der Waals surface area contributed by atoms with E-state index in [1.165, 1.54) is 24.5 Å². The van der Waals surface area contributed by atoms with Crippen LogP contribution in [0.4, 0.5) is 15.9 Å². The van der Waals surface area contributed by atoms with Gasteiger partial charge in [0.25, 0.3) is 5.91 Å². The minimum atomic E-state index is -0.318. The SMILES string of the molecule is Cc1ccc(NC(=O)c2cnc(NCc3ccc(F)cc3)cn2)cc1. The van der Waals surface area contributed by atoms with E-state index in [2.05, 4.69) is 20.6 Å². The molecule has 6 heteroatoms. The van der Waals surface area contributed by atoms with Crippen LogP contribution in [0, 0.1) is 12.7 Å². The van der Waals surface area contributed by atoms with Gasteiger partial charge in [0.1, 0.15) is 17.3 Å². The number of rotatable bonds is 5. The average molecular weight is 336 g/mol. The molecule has 1 heterocycles. The molecule has 2 N–H and O–H groups in total. The summed E-state index contributed by atoms with van der Waals surface area (Å²) < 4.78 is 12.9. The molecule has 0 radical (unpaired) electrons. The number of halogens is 1. The number of carbonyl (C=O) groups excluding carboxylic acids is 1. The Morgan fingerprint density at radius 2 is 1.72 bits per heavy atom. The van der Waals surface area contributed by atoms with Gasteiger partial charge in [0, 0.05) is 12.2 Å². The highest BCUT2D eigenvalue weighted by Gasteiger charge is 2.08. The van der Waals surface area contributed by atoms with Crippen molar-refractivity contribution in [2.45, 2.75) is 13.5 Å². The van der Waals surface area contributed by atoms with Crippen LogP contribution < -0.4 is 10.6 Å². The zero-order valence-electron chi connectivity index (χ0n) is 13.7. The Kier molecular flexibility index (Phi) is 4.99. The maximum Gasteiger partial charge on any atom is 0.275 e. The van der Waals surface area contributed by atoms with Gasteiger partial charge in [-0.15, -0.1) is 0 Å². The van der Waals surface area contributed by atoms with Crippen LogP contribution in [0.25, 0.3) is 0 Å². The number of carbonyl (C=O) groups is 1. The summed E-state index contributed by atoms with van der Waals surface area (Å²) >= 11 is 0. The van der Waals surface area contributed by atoms with Crippen LogP contribution in [0.5, 0.6) is 0 Å². The number of nitrogens with one attached hydrogen (secondary N) is 2. The van der Waals surface area contributed by atoms with Gasteiger partial charge in [0.05, 0.1) is 12.4 Å². The summed E-state index contributed by atoms with van der Waals surface area (Å²) in [5, 5.41) is 5.85. The standard InChI is InChI=1S/C19H17FN4O/c1-13-2-8-16(9-3-13)24-19(25)17-11-23-18(12-21-17)22-10-14-4-6-15(20)7-5-14/h2-9,11-12H,10H2,1H3,(H,22,23)(H,24,25). The molecule has 0 aliphatic rings. The predicted molar refractivity (Wildman–Crippen MR) is 94.9 cm³/mol. The number of aromatic nitrogens is 2. The molecule has 0 saturated heterocycles. The molecule has 3 aromatic rings. The first-order valence-electron chi connectivity index (χ1n) is 7.78. The van der Waals surface area contributed by atoms with Crippen LogP contribution in [-0.4, -0.2) is 15.9 Å². The molecule has 1 aromatic heterocycles. The molecule has 0 saturated carbocycles. The normalized spacial score (nSPS) is 10.3. The monoisotopic (exact) mass is 336 g/mol. The fourth-order valence-electron chi connectivity index (χ4n) is 2.16. The van der Waals surface area contributed by atoms with Gasteiger partial charge in [-0.3, -0.25) is 4.79 Å². The van der Waals surface area contributed by atoms with E-state index in [0.29, 0.717) is 18.1 Å². The largest absolute Gasteiger partial charge is 0.365 e. The van der Waals surface area contributed by atoms with Gasteiger partial charge in [-0.1, -0.05) is 29.8 Å². The molecule has 0 aliphatic heterocycles. The molecular weight excluding hydrogens is 319 g/mol. The molecule has 25 heavy (non-hydrogen) atoms. The Hall–Kier alpha value is -3.28. The van der Waals surface area contributed by atoms with E-state index >= 15 is 0 Å². The number of nitrogens with zero attached hydrogens (tertiary/aromatic N) is 2. The number of hydrogen-bond donors (Lipinski definition) is 2. The summed E-state index contributed by atoms with van der Waals surface area (Å²) in [5.41, 5.74) is 2.97. The second-order valence-corrected chi connectivity index (χ2v) is 5.59. The van der Waals surface area contributed by atoms with E-state index < -0.39 is 0 Å². The minimum Gasteiger partial charge on any atom is -0.365 e. The van der Waals surface area contributed by atoms with Crippen LogP contribution in [0.15, 0.2) is 60.9 Å². The second-order valence-electron chi connectivity index (χ2n) is 5.59. The summed E-state index contributed by atoms with van der Waals surface area (Å²) in [6, 6.07) is 13.7. The molecule has 0 aliphatic carbocycles. The van der Waals surface area contributed by atoms with Gasteiger partial charge in [-0.05, 0) is 36.8 Å². The van der Waals surface area contributed by atoms with Gasteiger partial charge in [0.2, 0.25) is 0 Å². The first kappa shape index (κ1) is 16.6. The van der Waals surface area contributed by atoms with Crippen LogP contribution in [0.2, 0.25) is 0 Å². The zero-order valence-corrected chi connectivity index (χ0v) is 13.7. The number of benzene rings is 2. The fraction of sp³-hybridized carbons (Fsp3) is 0.105. The third-order valence-corrected chi connectivity index (χ3v) is 3.58. The van der Waals surface area contributed by atoms with Crippen LogP contribution >= 0.6 is 0 Å². The van der Waals surface area contributed by atoms with Crippen LogP contribution in [-0.2, 0) is 6.54 Å². The number of amides is 1. The molecule has 0 unspecified atom stereocenters. The zero-order chi connectivity index (χ0) is 17.6. The molecule has 0 fully saturated rings. The van der Waals surface area contributed by atoms with Gasteiger partial charge < -0.3 is 10.6 Å². The van der Waals surface area contributed by atoms with Crippen molar-refractivity contribution in [3.05, 3.63) is 83.6 Å². The predicted octanol–water partition coefficient (Wildman–Crippen LogP) is 3.79. The molecule has 0 spiro atoms. The average Bonchev–Trinajstić information content (AvgIpc) is 2.63. The van der Waals surface area contributed by atoms with Crippen molar-refractivity contribution in [2.24, 2.45) is 0 Å². The first-order chi connectivity index (χ1) is 12.1. The molecule has 3 rings (SSSR count). The number of aryl methyl sites for hydroxylation is 1. The Labute approximate surface area is 145 Å². The van der Waals surface area contributed by atoms with Gasteiger partial charge >= 0.3 is 0 Å².